The molecule has 0 saturated heterocycles. The van der Waals surface area contributed by atoms with Crippen LogP contribution in [0.1, 0.15) is 12.0 Å². The van der Waals surface area contributed by atoms with Crippen LogP contribution in [0.3, 0.4) is 0 Å². The summed E-state index contributed by atoms with van der Waals surface area (Å²) in [5.74, 6) is -0.561. The van der Waals surface area contributed by atoms with E-state index in [1.54, 1.807) is 24.3 Å². The van der Waals surface area contributed by atoms with E-state index in [4.69, 9.17) is 14.5 Å². The minimum absolute atomic E-state index is 0.0511. The van der Waals surface area contributed by atoms with Gasteiger partial charge in [0.25, 0.3) is 0 Å². The standard InChI is InChI=1S/C13H16BrO6P/c1-2-12(15)19-9-8-13(14,10-20-21(16,17)18)11-6-4-3-5-7-11/h2-7H,1,8-10H2,(H2,16,17,18). The molecular formula is C13H16BrO6P. The molecule has 0 heterocycles. The van der Waals surface area contributed by atoms with Crippen molar-refractivity contribution in [3.05, 3.63) is 48.6 Å². The average Bonchev–Trinajstić information content (AvgIpc) is 2.45. The van der Waals surface area contributed by atoms with Crippen molar-refractivity contribution in [2.24, 2.45) is 0 Å². The van der Waals surface area contributed by atoms with E-state index >= 15 is 0 Å². The number of carbonyl (C=O) groups excluding carboxylic acids is 1. The summed E-state index contributed by atoms with van der Waals surface area (Å²) in [4.78, 5) is 28.7. The number of hydrogen-bond donors (Lipinski definition) is 2. The quantitative estimate of drug-likeness (QED) is 0.312. The molecule has 21 heavy (non-hydrogen) atoms. The molecule has 0 spiro atoms. The fourth-order valence-electron chi connectivity index (χ4n) is 1.60. The van der Waals surface area contributed by atoms with Crippen LogP contribution in [0.15, 0.2) is 43.0 Å². The SMILES string of the molecule is C=CC(=O)OCCC(Br)(COP(=O)(O)O)c1ccccc1. The Kier molecular flexibility index (Phi) is 6.77. The number of phosphoric acid groups is 1. The molecule has 0 aliphatic carbocycles. The van der Waals surface area contributed by atoms with Crippen molar-refractivity contribution in [3.63, 3.8) is 0 Å². The minimum atomic E-state index is -4.59. The van der Waals surface area contributed by atoms with Gasteiger partial charge in [0, 0.05) is 12.5 Å². The van der Waals surface area contributed by atoms with Gasteiger partial charge in [-0.3, -0.25) is 4.52 Å². The molecule has 0 radical (unpaired) electrons. The highest BCUT2D eigenvalue weighted by Crippen LogP contribution is 2.43. The van der Waals surface area contributed by atoms with E-state index in [2.05, 4.69) is 27.0 Å². The monoisotopic (exact) mass is 378 g/mol. The second kappa shape index (κ2) is 7.87. The van der Waals surface area contributed by atoms with E-state index in [0.29, 0.717) is 0 Å². The number of esters is 1. The molecule has 0 bridgehead atoms. The number of rotatable bonds is 8. The second-order valence-corrected chi connectivity index (χ2v) is 6.97. The Hall–Kier alpha value is -0.980. The van der Waals surface area contributed by atoms with Crippen LogP contribution in [-0.4, -0.2) is 29.0 Å². The molecule has 0 amide bonds. The van der Waals surface area contributed by atoms with E-state index in [9.17, 15) is 9.36 Å². The smallest absolute Gasteiger partial charge is 0.462 e. The molecule has 0 aliphatic rings. The predicted molar refractivity (Wildman–Crippen MR) is 80.8 cm³/mol. The van der Waals surface area contributed by atoms with Crippen LogP contribution < -0.4 is 0 Å². The zero-order chi connectivity index (χ0) is 15.9. The van der Waals surface area contributed by atoms with E-state index in [1.165, 1.54) is 0 Å². The van der Waals surface area contributed by atoms with Gasteiger partial charge in [-0.25, -0.2) is 9.36 Å². The fraction of sp³-hybridized carbons (Fsp3) is 0.308. The van der Waals surface area contributed by atoms with Gasteiger partial charge in [0.1, 0.15) is 0 Å². The maximum atomic E-state index is 11.0. The molecule has 6 nitrogen and oxygen atoms in total. The van der Waals surface area contributed by atoms with Gasteiger partial charge in [0.05, 0.1) is 17.5 Å². The van der Waals surface area contributed by atoms with Crippen LogP contribution in [-0.2, 0) is 22.9 Å². The van der Waals surface area contributed by atoms with E-state index in [1.807, 2.05) is 6.07 Å². The lowest BCUT2D eigenvalue weighted by molar-refractivity contribution is -0.138. The summed E-state index contributed by atoms with van der Waals surface area (Å²) in [6.45, 7) is 3.07. The van der Waals surface area contributed by atoms with Crippen LogP contribution in [0.2, 0.25) is 0 Å². The van der Waals surface area contributed by atoms with Crippen molar-refractivity contribution in [2.75, 3.05) is 13.2 Å². The number of phosphoric ester groups is 1. The zero-order valence-electron chi connectivity index (χ0n) is 11.1. The lowest BCUT2D eigenvalue weighted by atomic mass is 9.97. The summed E-state index contributed by atoms with van der Waals surface area (Å²) in [6.07, 6.45) is 1.32. The fourth-order valence-corrected chi connectivity index (χ4v) is 2.70. The number of hydrogen-bond acceptors (Lipinski definition) is 4. The Balaban J connectivity index is 2.81. The Morgan fingerprint density at radius 1 is 1.38 bits per heavy atom. The van der Waals surface area contributed by atoms with Gasteiger partial charge in [-0.05, 0) is 5.56 Å². The van der Waals surface area contributed by atoms with Crippen LogP contribution in [0.5, 0.6) is 0 Å². The van der Waals surface area contributed by atoms with Gasteiger partial charge in [-0.15, -0.1) is 0 Å². The molecule has 1 aromatic carbocycles. The largest absolute Gasteiger partial charge is 0.469 e. The van der Waals surface area contributed by atoms with Crippen molar-refractivity contribution in [1.29, 1.82) is 0 Å². The maximum Gasteiger partial charge on any atom is 0.469 e. The van der Waals surface area contributed by atoms with Crippen LogP contribution in [0.4, 0.5) is 0 Å². The minimum Gasteiger partial charge on any atom is -0.462 e. The van der Waals surface area contributed by atoms with E-state index in [0.717, 1.165) is 11.6 Å². The molecule has 0 aromatic heterocycles. The highest BCUT2D eigenvalue weighted by Gasteiger charge is 2.32. The predicted octanol–water partition coefficient (Wildman–Crippen LogP) is 2.51. The Labute approximate surface area is 131 Å². The first-order valence-electron chi connectivity index (χ1n) is 6.00. The lowest BCUT2D eigenvalue weighted by Crippen LogP contribution is -2.27. The van der Waals surface area contributed by atoms with Gasteiger partial charge in [-0.2, -0.15) is 0 Å². The molecule has 0 fully saturated rings. The van der Waals surface area contributed by atoms with Gasteiger partial charge in [0.15, 0.2) is 0 Å². The summed E-state index contributed by atoms with van der Waals surface area (Å²) in [5, 5.41) is 0. The van der Waals surface area contributed by atoms with Crippen molar-refractivity contribution < 1.29 is 28.4 Å². The summed E-state index contributed by atoms with van der Waals surface area (Å²) >= 11 is 3.43. The highest BCUT2D eigenvalue weighted by atomic mass is 79.9. The first kappa shape index (κ1) is 18.1. The van der Waals surface area contributed by atoms with E-state index in [-0.39, 0.29) is 19.6 Å². The Morgan fingerprint density at radius 3 is 2.52 bits per heavy atom. The van der Waals surface area contributed by atoms with Crippen molar-refractivity contribution in [3.8, 4) is 0 Å². The van der Waals surface area contributed by atoms with Gasteiger partial charge in [-0.1, -0.05) is 52.8 Å². The van der Waals surface area contributed by atoms with E-state index < -0.39 is 18.1 Å². The molecule has 1 unspecified atom stereocenters. The molecule has 0 aliphatic heterocycles. The normalized spacial score (nSPS) is 14.2. The molecule has 0 saturated carbocycles. The average molecular weight is 379 g/mol. The maximum absolute atomic E-state index is 11.0. The molecule has 2 N–H and O–H groups in total. The molecule has 116 valence electrons. The Morgan fingerprint density at radius 2 is 2.00 bits per heavy atom. The summed E-state index contributed by atoms with van der Waals surface area (Å²) in [5.41, 5.74) is 0.758. The van der Waals surface area contributed by atoms with Gasteiger partial charge in [0.2, 0.25) is 0 Å². The third-order valence-electron chi connectivity index (χ3n) is 2.66. The number of alkyl halides is 1. The number of halogens is 1. The van der Waals surface area contributed by atoms with Gasteiger partial charge < -0.3 is 14.5 Å². The highest BCUT2D eigenvalue weighted by molar-refractivity contribution is 9.09. The Bertz CT molecular complexity index is 529. The number of carbonyl (C=O) groups is 1. The van der Waals surface area contributed by atoms with Crippen molar-refractivity contribution in [2.45, 2.75) is 10.7 Å². The molecule has 1 aromatic rings. The molecular weight excluding hydrogens is 363 g/mol. The third kappa shape index (κ3) is 6.54. The zero-order valence-corrected chi connectivity index (χ0v) is 13.6. The first-order valence-corrected chi connectivity index (χ1v) is 8.33. The third-order valence-corrected chi connectivity index (χ3v) is 4.21. The molecule has 8 heteroatoms. The van der Waals surface area contributed by atoms with Crippen LogP contribution in [0.25, 0.3) is 0 Å². The molecule has 1 rings (SSSR count). The van der Waals surface area contributed by atoms with Crippen molar-refractivity contribution in [1.82, 2.24) is 0 Å². The van der Waals surface area contributed by atoms with Crippen LogP contribution in [0, 0.1) is 0 Å². The summed E-state index contributed by atoms with van der Waals surface area (Å²) in [7, 11) is -4.59. The van der Waals surface area contributed by atoms with Crippen molar-refractivity contribution >= 4 is 29.7 Å². The van der Waals surface area contributed by atoms with Crippen LogP contribution >= 0.6 is 23.8 Å². The molecule has 1 atom stereocenters. The second-order valence-electron chi connectivity index (χ2n) is 4.22. The summed E-state index contributed by atoms with van der Waals surface area (Å²) in [6, 6.07) is 8.97. The number of benzene rings is 1. The van der Waals surface area contributed by atoms with Gasteiger partial charge >= 0.3 is 13.8 Å². The number of ether oxygens (including phenoxy) is 1. The first-order chi connectivity index (χ1) is 9.77. The summed E-state index contributed by atoms with van der Waals surface area (Å²) < 4.78 is 19.5. The topological polar surface area (TPSA) is 93.1 Å². The lowest BCUT2D eigenvalue weighted by Gasteiger charge is -2.27.